The molecule has 1 aromatic heterocycles. The Bertz CT molecular complexity index is 750. The summed E-state index contributed by atoms with van der Waals surface area (Å²) in [6.07, 6.45) is 4.16. The van der Waals surface area contributed by atoms with E-state index in [2.05, 4.69) is 10.2 Å². The van der Waals surface area contributed by atoms with Crippen LogP contribution >= 0.6 is 11.3 Å². The highest BCUT2D eigenvalue weighted by Gasteiger charge is 2.52. The summed E-state index contributed by atoms with van der Waals surface area (Å²) in [5.74, 6) is -0.0650. The first-order valence-electron chi connectivity index (χ1n) is 7.91. The number of benzene rings is 1. The van der Waals surface area contributed by atoms with Gasteiger partial charge in [-0.1, -0.05) is 54.5 Å². The monoisotopic (exact) mass is 327 g/mol. The molecule has 1 saturated carbocycles. The van der Waals surface area contributed by atoms with Crippen molar-refractivity contribution in [1.29, 1.82) is 0 Å². The molecule has 0 unspecified atom stereocenters. The molecule has 23 heavy (non-hydrogen) atoms. The SMILES string of the molecule is O=C1CC2(CCCC2)C(=O)N1Cc1nnc(-c2ccccc2)s1. The van der Waals surface area contributed by atoms with Crippen molar-refractivity contribution >= 4 is 23.2 Å². The average molecular weight is 327 g/mol. The Morgan fingerprint density at radius 2 is 1.83 bits per heavy atom. The highest BCUT2D eigenvalue weighted by molar-refractivity contribution is 7.14. The first-order valence-corrected chi connectivity index (χ1v) is 8.72. The molecule has 0 radical (unpaired) electrons. The van der Waals surface area contributed by atoms with Crippen molar-refractivity contribution in [3.63, 3.8) is 0 Å². The van der Waals surface area contributed by atoms with Crippen molar-refractivity contribution in [3.05, 3.63) is 35.3 Å². The topological polar surface area (TPSA) is 63.2 Å². The van der Waals surface area contributed by atoms with E-state index >= 15 is 0 Å². The minimum absolute atomic E-state index is 0.00328. The van der Waals surface area contributed by atoms with Crippen LogP contribution < -0.4 is 0 Å². The Labute approximate surface area is 138 Å². The molecule has 4 rings (SSSR count). The van der Waals surface area contributed by atoms with Gasteiger partial charge in [0.25, 0.3) is 0 Å². The standard InChI is InChI=1S/C17H17N3O2S/c21-14-10-17(8-4-5-9-17)16(22)20(14)11-13-18-19-15(23-13)12-6-2-1-3-7-12/h1-3,6-7H,4-5,8-11H2. The third kappa shape index (κ3) is 2.47. The van der Waals surface area contributed by atoms with Gasteiger partial charge in [-0.05, 0) is 12.8 Å². The van der Waals surface area contributed by atoms with Gasteiger partial charge in [0.1, 0.15) is 10.0 Å². The van der Waals surface area contributed by atoms with E-state index in [1.54, 1.807) is 0 Å². The smallest absolute Gasteiger partial charge is 0.236 e. The van der Waals surface area contributed by atoms with Crippen LogP contribution in [0.15, 0.2) is 30.3 Å². The average Bonchev–Trinajstić information content (AvgIpc) is 3.27. The minimum Gasteiger partial charge on any atom is -0.275 e. The molecule has 1 spiro atoms. The molecule has 2 amide bonds. The van der Waals surface area contributed by atoms with Gasteiger partial charge in [0.15, 0.2) is 0 Å². The molecular formula is C17H17N3O2S. The Kier molecular flexibility index (Phi) is 3.49. The maximum atomic E-state index is 12.7. The molecule has 0 atom stereocenters. The van der Waals surface area contributed by atoms with E-state index < -0.39 is 5.41 Å². The predicted molar refractivity (Wildman–Crippen MR) is 86.4 cm³/mol. The number of imide groups is 1. The minimum atomic E-state index is -0.413. The van der Waals surface area contributed by atoms with E-state index in [9.17, 15) is 9.59 Å². The second-order valence-electron chi connectivity index (χ2n) is 6.32. The Morgan fingerprint density at radius 3 is 2.57 bits per heavy atom. The van der Waals surface area contributed by atoms with Crippen LogP contribution in [0.3, 0.4) is 0 Å². The van der Waals surface area contributed by atoms with E-state index in [1.807, 2.05) is 30.3 Å². The number of hydrogen-bond donors (Lipinski definition) is 0. The fourth-order valence-corrected chi connectivity index (χ4v) is 4.45. The lowest BCUT2D eigenvalue weighted by Crippen LogP contribution is -2.33. The summed E-state index contributed by atoms with van der Waals surface area (Å²) in [5, 5.41) is 9.87. The van der Waals surface area contributed by atoms with Crippen LogP contribution in [0.1, 0.15) is 37.1 Å². The molecular weight excluding hydrogens is 310 g/mol. The third-order valence-electron chi connectivity index (χ3n) is 4.83. The van der Waals surface area contributed by atoms with Gasteiger partial charge in [0.2, 0.25) is 11.8 Å². The van der Waals surface area contributed by atoms with Gasteiger partial charge >= 0.3 is 0 Å². The van der Waals surface area contributed by atoms with Crippen molar-refractivity contribution in [1.82, 2.24) is 15.1 Å². The number of aromatic nitrogens is 2. The zero-order chi connectivity index (χ0) is 15.9. The number of carbonyl (C=O) groups is 2. The highest BCUT2D eigenvalue weighted by Crippen LogP contribution is 2.47. The van der Waals surface area contributed by atoms with Crippen molar-refractivity contribution in [2.75, 3.05) is 0 Å². The fraction of sp³-hybridized carbons (Fsp3) is 0.412. The second-order valence-corrected chi connectivity index (χ2v) is 7.38. The van der Waals surface area contributed by atoms with E-state index in [1.165, 1.54) is 16.2 Å². The van der Waals surface area contributed by atoms with Crippen LogP contribution in [0.5, 0.6) is 0 Å². The molecule has 0 bridgehead atoms. The number of rotatable bonds is 3. The molecule has 2 aromatic rings. The quantitative estimate of drug-likeness (QED) is 0.813. The van der Waals surface area contributed by atoms with E-state index in [0.29, 0.717) is 11.4 Å². The molecule has 1 aromatic carbocycles. The van der Waals surface area contributed by atoms with Crippen LogP contribution in [-0.2, 0) is 16.1 Å². The Hall–Kier alpha value is -2.08. The van der Waals surface area contributed by atoms with Gasteiger partial charge in [-0.3, -0.25) is 14.5 Å². The summed E-state index contributed by atoms with van der Waals surface area (Å²) in [6, 6.07) is 9.81. The number of amides is 2. The lowest BCUT2D eigenvalue weighted by molar-refractivity contribution is -0.142. The molecule has 1 saturated heterocycles. The van der Waals surface area contributed by atoms with Gasteiger partial charge in [0.05, 0.1) is 12.0 Å². The zero-order valence-corrected chi connectivity index (χ0v) is 13.5. The van der Waals surface area contributed by atoms with Crippen molar-refractivity contribution in [2.24, 2.45) is 5.41 Å². The van der Waals surface area contributed by atoms with Crippen LogP contribution in [-0.4, -0.2) is 26.9 Å². The van der Waals surface area contributed by atoms with Gasteiger partial charge in [-0.2, -0.15) is 0 Å². The number of nitrogens with zero attached hydrogens (tertiary/aromatic N) is 3. The number of carbonyl (C=O) groups excluding carboxylic acids is 2. The van der Waals surface area contributed by atoms with Crippen LogP contribution in [0.4, 0.5) is 0 Å². The predicted octanol–water partition coefficient (Wildman–Crippen LogP) is 3.02. The highest BCUT2D eigenvalue weighted by atomic mass is 32.1. The summed E-state index contributed by atoms with van der Waals surface area (Å²) < 4.78 is 0. The summed E-state index contributed by atoms with van der Waals surface area (Å²) in [6.45, 7) is 0.254. The molecule has 1 aliphatic carbocycles. The summed E-state index contributed by atoms with van der Waals surface area (Å²) in [7, 11) is 0. The molecule has 0 N–H and O–H groups in total. The fourth-order valence-electron chi connectivity index (χ4n) is 3.61. The lowest BCUT2D eigenvalue weighted by Gasteiger charge is -2.20. The summed E-state index contributed by atoms with van der Waals surface area (Å²) in [5.41, 5.74) is 0.590. The van der Waals surface area contributed by atoms with E-state index in [4.69, 9.17) is 0 Å². The Morgan fingerprint density at radius 1 is 1.09 bits per heavy atom. The van der Waals surface area contributed by atoms with Crippen LogP contribution in [0.2, 0.25) is 0 Å². The lowest BCUT2D eigenvalue weighted by atomic mass is 9.84. The van der Waals surface area contributed by atoms with Crippen molar-refractivity contribution in [3.8, 4) is 10.6 Å². The molecule has 2 aliphatic rings. The van der Waals surface area contributed by atoms with Crippen LogP contribution in [0, 0.1) is 5.41 Å². The molecule has 2 heterocycles. The second kappa shape index (κ2) is 5.53. The van der Waals surface area contributed by atoms with Gasteiger partial charge in [-0.25, -0.2) is 0 Å². The first-order chi connectivity index (χ1) is 11.2. The normalized spacial score (nSPS) is 19.9. The summed E-state index contributed by atoms with van der Waals surface area (Å²) >= 11 is 1.44. The maximum Gasteiger partial charge on any atom is 0.236 e. The van der Waals surface area contributed by atoms with Crippen LogP contribution in [0.25, 0.3) is 10.6 Å². The largest absolute Gasteiger partial charge is 0.275 e. The van der Waals surface area contributed by atoms with Gasteiger partial charge in [-0.15, -0.1) is 10.2 Å². The number of likely N-dealkylation sites (tertiary alicyclic amines) is 1. The molecule has 5 nitrogen and oxygen atoms in total. The van der Waals surface area contributed by atoms with Gasteiger partial charge < -0.3 is 0 Å². The molecule has 6 heteroatoms. The molecule has 1 aliphatic heterocycles. The maximum absolute atomic E-state index is 12.7. The third-order valence-corrected chi connectivity index (χ3v) is 5.79. The first kappa shape index (κ1) is 14.5. The van der Waals surface area contributed by atoms with Crippen molar-refractivity contribution in [2.45, 2.75) is 38.6 Å². The van der Waals surface area contributed by atoms with E-state index in [-0.39, 0.29) is 18.4 Å². The number of hydrogen-bond acceptors (Lipinski definition) is 5. The summed E-state index contributed by atoms with van der Waals surface area (Å²) in [4.78, 5) is 26.4. The zero-order valence-electron chi connectivity index (χ0n) is 12.7. The Balaban J connectivity index is 1.54. The van der Waals surface area contributed by atoms with Gasteiger partial charge in [0, 0.05) is 12.0 Å². The molecule has 2 fully saturated rings. The van der Waals surface area contributed by atoms with E-state index in [0.717, 1.165) is 36.3 Å². The molecule has 118 valence electrons. The van der Waals surface area contributed by atoms with Crippen molar-refractivity contribution < 1.29 is 9.59 Å².